The van der Waals surface area contributed by atoms with Crippen molar-refractivity contribution in [2.24, 2.45) is 0 Å². The molecule has 1 aliphatic rings. The zero-order chi connectivity index (χ0) is 19.5. The number of rotatable bonds is 6. The fourth-order valence-corrected chi connectivity index (χ4v) is 3.61. The van der Waals surface area contributed by atoms with Crippen LogP contribution in [0, 0.1) is 0 Å². The zero-order valence-electron chi connectivity index (χ0n) is 15.0. The second-order valence-electron chi connectivity index (χ2n) is 6.62. The van der Waals surface area contributed by atoms with Gasteiger partial charge >= 0.3 is 6.09 Å². The maximum atomic E-state index is 12.2. The molecule has 2 aromatic carbocycles. The van der Waals surface area contributed by atoms with Gasteiger partial charge in [0.2, 0.25) is 0 Å². The summed E-state index contributed by atoms with van der Waals surface area (Å²) in [4.78, 5) is 23.5. The van der Waals surface area contributed by atoms with Gasteiger partial charge in [0.15, 0.2) is 0 Å². The third kappa shape index (κ3) is 3.49. The van der Waals surface area contributed by atoms with Crippen LogP contribution in [0.4, 0.5) is 4.79 Å². The Morgan fingerprint density at radius 1 is 1.00 bits per heavy atom. The molecule has 1 heterocycles. The molecule has 1 amide bonds. The summed E-state index contributed by atoms with van der Waals surface area (Å²) < 4.78 is 10.5. The van der Waals surface area contributed by atoms with Crippen LogP contribution in [0.25, 0.3) is 11.1 Å². The highest BCUT2D eigenvalue weighted by Gasteiger charge is 2.29. The standard InChI is InChI=1S/C22H19NO5/c24-21(25)20(12-14-6-5-11-27-14)23-22(26)28-13-19-17-9-3-1-7-15(17)16-8-2-4-10-18(16)19/h1-11,19-20H,12-13H2,(H,23,26)(H,24,25)/p-1/t20-/m0/s1. The highest BCUT2D eigenvalue weighted by molar-refractivity contribution is 5.80. The molecule has 1 N–H and O–H groups in total. The number of benzene rings is 2. The van der Waals surface area contributed by atoms with E-state index in [2.05, 4.69) is 5.32 Å². The van der Waals surface area contributed by atoms with Gasteiger partial charge in [-0.1, -0.05) is 48.5 Å². The van der Waals surface area contributed by atoms with E-state index < -0.39 is 18.1 Å². The third-order valence-electron chi connectivity index (χ3n) is 4.91. The van der Waals surface area contributed by atoms with Gasteiger partial charge in [-0.2, -0.15) is 0 Å². The van der Waals surface area contributed by atoms with Crippen molar-refractivity contribution in [3.63, 3.8) is 0 Å². The highest BCUT2D eigenvalue weighted by Crippen LogP contribution is 2.44. The molecule has 0 spiro atoms. The van der Waals surface area contributed by atoms with Gasteiger partial charge in [0, 0.05) is 12.3 Å². The summed E-state index contributed by atoms with van der Waals surface area (Å²) in [5.41, 5.74) is 4.42. The van der Waals surface area contributed by atoms with Crippen molar-refractivity contribution < 1.29 is 23.8 Å². The van der Waals surface area contributed by atoms with Crippen LogP contribution < -0.4 is 10.4 Å². The molecule has 6 heteroatoms. The Balaban J connectivity index is 1.44. The van der Waals surface area contributed by atoms with Crippen molar-refractivity contribution in [3.05, 3.63) is 83.8 Å². The van der Waals surface area contributed by atoms with Gasteiger partial charge in [0.25, 0.3) is 0 Å². The lowest BCUT2D eigenvalue weighted by Gasteiger charge is -2.20. The summed E-state index contributed by atoms with van der Waals surface area (Å²) in [6.45, 7) is 0.111. The number of furan rings is 1. The van der Waals surface area contributed by atoms with Crippen LogP contribution in [0.15, 0.2) is 71.3 Å². The fourth-order valence-electron chi connectivity index (χ4n) is 3.61. The van der Waals surface area contributed by atoms with E-state index in [1.165, 1.54) is 6.26 Å². The van der Waals surface area contributed by atoms with Crippen molar-refractivity contribution >= 4 is 12.1 Å². The van der Waals surface area contributed by atoms with Crippen LogP contribution in [0.1, 0.15) is 22.8 Å². The summed E-state index contributed by atoms with van der Waals surface area (Å²) in [5.74, 6) is -1.05. The molecule has 0 fully saturated rings. The van der Waals surface area contributed by atoms with Crippen LogP contribution in [-0.4, -0.2) is 24.7 Å². The Kier molecular flexibility index (Phi) is 4.85. The van der Waals surface area contributed by atoms with Crippen LogP contribution in [0.3, 0.4) is 0 Å². The Labute approximate surface area is 161 Å². The predicted octanol–water partition coefficient (Wildman–Crippen LogP) is 2.48. The van der Waals surface area contributed by atoms with Gasteiger partial charge in [-0.3, -0.25) is 0 Å². The second-order valence-corrected chi connectivity index (χ2v) is 6.62. The number of fused-ring (bicyclic) bond motifs is 3. The number of ether oxygens (including phenoxy) is 1. The fraction of sp³-hybridized carbons (Fsp3) is 0.182. The number of carbonyl (C=O) groups is 2. The molecule has 1 aromatic heterocycles. The van der Waals surface area contributed by atoms with Crippen molar-refractivity contribution in [2.75, 3.05) is 6.61 Å². The monoisotopic (exact) mass is 376 g/mol. The predicted molar refractivity (Wildman–Crippen MR) is 99.4 cm³/mol. The molecule has 3 aromatic rings. The number of aliphatic carboxylic acids is 1. The molecule has 6 nitrogen and oxygen atoms in total. The van der Waals surface area contributed by atoms with E-state index >= 15 is 0 Å². The first kappa shape index (κ1) is 17.9. The van der Waals surface area contributed by atoms with Gasteiger partial charge in [-0.25, -0.2) is 4.79 Å². The quantitative estimate of drug-likeness (QED) is 0.714. The number of hydrogen-bond acceptors (Lipinski definition) is 5. The van der Waals surface area contributed by atoms with E-state index in [1.807, 2.05) is 48.5 Å². The maximum Gasteiger partial charge on any atom is 0.407 e. The number of nitrogens with one attached hydrogen (secondary N) is 1. The molecule has 0 aliphatic heterocycles. The smallest absolute Gasteiger partial charge is 0.407 e. The summed E-state index contributed by atoms with van der Waals surface area (Å²) in [6, 6.07) is 18.0. The number of carboxylic acids is 1. The van der Waals surface area contributed by atoms with E-state index in [-0.39, 0.29) is 18.9 Å². The summed E-state index contributed by atoms with van der Waals surface area (Å²) in [6.07, 6.45) is 0.622. The molecule has 0 saturated carbocycles. The molecule has 0 bridgehead atoms. The largest absolute Gasteiger partial charge is 0.548 e. The molecular formula is C22H18NO5-. The minimum atomic E-state index is -1.40. The lowest BCUT2D eigenvalue weighted by molar-refractivity contribution is -0.308. The Bertz CT molecular complexity index is 950. The third-order valence-corrected chi connectivity index (χ3v) is 4.91. The number of carbonyl (C=O) groups excluding carboxylic acids is 2. The lowest BCUT2D eigenvalue weighted by atomic mass is 9.98. The summed E-state index contributed by atoms with van der Waals surface area (Å²) >= 11 is 0. The van der Waals surface area contributed by atoms with Crippen LogP contribution in [-0.2, 0) is 16.0 Å². The maximum absolute atomic E-state index is 12.2. The highest BCUT2D eigenvalue weighted by atomic mass is 16.5. The molecule has 1 atom stereocenters. The van der Waals surface area contributed by atoms with Crippen molar-refractivity contribution in [2.45, 2.75) is 18.4 Å². The molecule has 0 saturated heterocycles. The topological polar surface area (TPSA) is 91.6 Å². The van der Waals surface area contributed by atoms with E-state index in [9.17, 15) is 14.7 Å². The van der Waals surface area contributed by atoms with Crippen molar-refractivity contribution in [3.8, 4) is 11.1 Å². The van der Waals surface area contributed by atoms with Gasteiger partial charge in [0.05, 0.1) is 18.3 Å². The zero-order valence-corrected chi connectivity index (χ0v) is 15.0. The molecule has 1 aliphatic carbocycles. The first-order valence-electron chi connectivity index (χ1n) is 8.98. The molecule has 0 radical (unpaired) electrons. The van der Waals surface area contributed by atoms with E-state index in [1.54, 1.807) is 12.1 Å². The van der Waals surface area contributed by atoms with Crippen LogP contribution >= 0.6 is 0 Å². The second kappa shape index (κ2) is 7.60. The van der Waals surface area contributed by atoms with Gasteiger partial charge < -0.3 is 24.4 Å². The average molecular weight is 376 g/mol. The first-order valence-corrected chi connectivity index (χ1v) is 8.98. The first-order chi connectivity index (χ1) is 13.6. The normalized spacial score (nSPS) is 13.4. The van der Waals surface area contributed by atoms with E-state index in [4.69, 9.17) is 9.15 Å². The minimum Gasteiger partial charge on any atom is -0.548 e. The number of carboxylic acid groups (broad SMARTS) is 1. The number of hydrogen-bond donors (Lipinski definition) is 1. The van der Waals surface area contributed by atoms with Gasteiger partial charge in [0.1, 0.15) is 12.4 Å². The average Bonchev–Trinajstić information content (AvgIpc) is 3.32. The minimum absolute atomic E-state index is 0.0144. The van der Waals surface area contributed by atoms with Crippen molar-refractivity contribution in [1.82, 2.24) is 5.32 Å². The van der Waals surface area contributed by atoms with E-state index in [0.29, 0.717) is 5.76 Å². The number of alkyl carbamates (subject to hydrolysis) is 1. The Morgan fingerprint density at radius 3 is 2.21 bits per heavy atom. The summed E-state index contributed by atoms with van der Waals surface area (Å²) in [5, 5.41) is 13.7. The number of amides is 1. The lowest BCUT2D eigenvalue weighted by Crippen LogP contribution is -2.49. The SMILES string of the molecule is O=C(N[C@@H](Cc1ccco1)C(=O)[O-])OCC1c2ccccc2-c2ccccc21. The Hall–Kier alpha value is -3.54. The Morgan fingerprint density at radius 2 is 1.64 bits per heavy atom. The van der Waals surface area contributed by atoms with Crippen LogP contribution in [0.2, 0.25) is 0 Å². The van der Waals surface area contributed by atoms with Crippen LogP contribution in [0.5, 0.6) is 0 Å². The molecule has 0 unspecified atom stereocenters. The molecular weight excluding hydrogens is 358 g/mol. The van der Waals surface area contributed by atoms with Crippen molar-refractivity contribution in [1.29, 1.82) is 0 Å². The van der Waals surface area contributed by atoms with E-state index in [0.717, 1.165) is 22.3 Å². The molecule has 28 heavy (non-hydrogen) atoms. The van der Waals surface area contributed by atoms with Gasteiger partial charge in [-0.15, -0.1) is 0 Å². The molecule has 142 valence electrons. The summed E-state index contributed by atoms with van der Waals surface area (Å²) in [7, 11) is 0. The molecule has 4 rings (SSSR count). The van der Waals surface area contributed by atoms with Gasteiger partial charge in [-0.05, 0) is 34.4 Å².